The number of aryl methyl sites for hydroxylation is 1. The number of para-hydroxylation sites is 1. The SMILES string of the molecule is Nc1ccccc1CCC(=O)NCCC(=O)N1CCN(c2ncccn2)CC1. The molecule has 3 rings (SSSR count). The fraction of sp³-hybridized carbons (Fsp3) is 0.400. The van der Waals surface area contributed by atoms with Crippen molar-refractivity contribution in [2.24, 2.45) is 0 Å². The Bertz CT molecular complexity index is 790. The summed E-state index contributed by atoms with van der Waals surface area (Å²) in [5.41, 5.74) is 7.55. The smallest absolute Gasteiger partial charge is 0.225 e. The number of piperazine rings is 1. The number of aromatic nitrogens is 2. The van der Waals surface area contributed by atoms with Gasteiger partial charge in [-0.15, -0.1) is 0 Å². The number of nitrogens with two attached hydrogens (primary N) is 1. The van der Waals surface area contributed by atoms with Gasteiger partial charge >= 0.3 is 0 Å². The van der Waals surface area contributed by atoms with Crippen molar-refractivity contribution in [3.8, 4) is 0 Å². The summed E-state index contributed by atoms with van der Waals surface area (Å²) < 4.78 is 0. The van der Waals surface area contributed by atoms with E-state index in [0.717, 1.165) is 5.56 Å². The van der Waals surface area contributed by atoms with Crippen LogP contribution in [0.1, 0.15) is 18.4 Å². The predicted molar refractivity (Wildman–Crippen MR) is 108 cm³/mol. The molecule has 0 spiro atoms. The van der Waals surface area contributed by atoms with Gasteiger partial charge in [-0.2, -0.15) is 0 Å². The molecule has 28 heavy (non-hydrogen) atoms. The molecule has 0 unspecified atom stereocenters. The summed E-state index contributed by atoms with van der Waals surface area (Å²) in [6, 6.07) is 9.32. The van der Waals surface area contributed by atoms with Crippen LogP contribution >= 0.6 is 0 Å². The molecule has 3 N–H and O–H groups in total. The summed E-state index contributed by atoms with van der Waals surface area (Å²) in [5.74, 6) is 0.684. The van der Waals surface area contributed by atoms with Gasteiger partial charge in [-0.05, 0) is 24.1 Å². The van der Waals surface area contributed by atoms with Gasteiger partial charge in [0.2, 0.25) is 17.8 Å². The van der Waals surface area contributed by atoms with Crippen LogP contribution in [-0.4, -0.2) is 59.4 Å². The first-order chi connectivity index (χ1) is 13.6. The molecule has 8 heteroatoms. The Labute approximate surface area is 164 Å². The molecule has 1 aromatic heterocycles. The zero-order valence-electron chi connectivity index (χ0n) is 15.9. The summed E-state index contributed by atoms with van der Waals surface area (Å²) in [6.45, 7) is 3.04. The predicted octanol–water partition coefficient (Wildman–Crippen LogP) is 0.847. The first kappa shape index (κ1) is 19.6. The summed E-state index contributed by atoms with van der Waals surface area (Å²) in [4.78, 5) is 36.7. The molecule has 0 bridgehead atoms. The highest BCUT2D eigenvalue weighted by Gasteiger charge is 2.22. The van der Waals surface area contributed by atoms with Crippen LogP contribution in [-0.2, 0) is 16.0 Å². The van der Waals surface area contributed by atoms with Crippen LogP contribution < -0.4 is 16.0 Å². The number of hydrogen-bond acceptors (Lipinski definition) is 6. The molecule has 0 atom stereocenters. The van der Waals surface area contributed by atoms with Gasteiger partial charge in [0.05, 0.1) is 0 Å². The Kier molecular flexibility index (Phi) is 6.78. The second-order valence-electron chi connectivity index (χ2n) is 6.72. The van der Waals surface area contributed by atoms with E-state index in [1.54, 1.807) is 18.5 Å². The largest absolute Gasteiger partial charge is 0.399 e. The lowest BCUT2D eigenvalue weighted by Crippen LogP contribution is -2.49. The molecule has 0 radical (unpaired) electrons. The molecule has 1 aliphatic heterocycles. The normalized spacial score (nSPS) is 14.0. The van der Waals surface area contributed by atoms with Crippen LogP contribution in [0.5, 0.6) is 0 Å². The molecule has 2 heterocycles. The maximum Gasteiger partial charge on any atom is 0.225 e. The number of nitrogens with one attached hydrogen (secondary N) is 1. The Morgan fingerprint density at radius 3 is 2.43 bits per heavy atom. The van der Waals surface area contributed by atoms with Crippen LogP contribution in [0.3, 0.4) is 0 Å². The lowest BCUT2D eigenvalue weighted by atomic mass is 10.1. The van der Waals surface area contributed by atoms with E-state index in [-0.39, 0.29) is 11.8 Å². The third-order valence-corrected chi connectivity index (χ3v) is 4.80. The van der Waals surface area contributed by atoms with E-state index in [1.807, 2.05) is 29.2 Å². The van der Waals surface area contributed by atoms with Gasteiger partial charge in [0, 0.05) is 63.6 Å². The van der Waals surface area contributed by atoms with Crippen molar-refractivity contribution in [3.63, 3.8) is 0 Å². The summed E-state index contributed by atoms with van der Waals surface area (Å²) in [6.07, 6.45) is 4.69. The number of carbonyl (C=O) groups is 2. The van der Waals surface area contributed by atoms with Gasteiger partial charge in [0.15, 0.2) is 0 Å². The fourth-order valence-electron chi connectivity index (χ4n) is 3.18. The molecule has 2 aromatic rings. The minimum Gasteiger partial charge on any atom is -0.399 e. The average molecular weight is 382 g/mol. The van der Waals surface area contributed by atoms with Gasteiger partial charge in [-0.3, -0.25) is 9.59 Å². The molecule has 1 aromatic carbocycles. The molecule has 1 fully saturated rings. The van der Waals surface area contributed by atoms with Crippen LogP contribution in [0, 0.1) is 0 Å². The zero-order valence-corrected chi connectivity index (χ0v) is 15.9. The van der Waals surface area contributed by atoms with Crippen molar-refractivity contribution in [1.82, 2.24) is 20.2 Å². The van der Waals surface area contributed by atoms with E-state index in [1.165, 1.54) is 0 Å². The minimum atomic E-state index is -0.0675. The van der Waals surface area contributed by atoms with Crippen molar-refractivity contribution < 1.29 is 9.59 Å². The quantitative estimate of drug-likeness (QED) is 0.688. The van der Waals surface area contributed by atoms with E-state index < -0.39 is 0 Å². The van der Waals surface area contributed by atoms with E-state index in [2.05, 4.69) is 20.2 Å². The molecule has 8 nitrogen and oxygen atoms in total. The summed E-state index contributed by atoms with van der Waals surface area (Å²) >= 11 is 0. The molecule has 2 amide bonds. The van der Waals surface area contributed by atoms with Crippen LogP contribution in [0.25, 0.3) is 0 Å². The van der Waals surface area contributed by atoms with Crippen molar-refractivity contribution in [1.29, 1.82) is 0 Å². The summed E-state index contributed by atoms with van der Waals surface area (Å²) in [5, 5.41) is 2.82. The maximum atomic E-state index is 12.4. The number of nitrogens with zero attached hydrogens (tertiary/aromatic N) is 4. The minimum absolute atomic E-state index is 0.0567. The first-order valence-corrected chi connectivity index (χ1v) is 9.53. The fourth-order valence-corrected chi connectivity index (χ4v) is 3.18. The third kappa shape index (κ3) is 5.42. The number of rotatable bonds is 7. The van der Waals surface area contributed by atoms with Crippen LogP contribution in [0.4, 0.5) is 11.6 Å². The molecule has 148 valence electrons. The number of hydrogen-bond donors (Lipinski definition) is 2. The second-order valence-corrected chi connectivity index (χ2v) is 6.72. The number of amides is 2. The molecule has 1 saturated heterocycles. The molecular formula is C20H26N6O2. The number of anilines is 2. The highest BCUT2D eigenvalue weighted by Crippen LogP contribution is 2.13. The van der Waals surface area contributed by atoms with Crippen molar-refractivity contribution in [3.05, 3.63) is 48.3 Å². The lowest BCUT2D eigenvalue weighted by molar-refractivity contribution is -0.131. The van der Waals surface area contributed by atoms with Gasteiger partial charge in [-0.1, -0.05) is 18.2 Å². The lowest BCUT2D eigenvalue weighted by Gasteiger charge is -2.34. The van der Waals surface area contributed by atoms with Gasteiger partial charge in [0.1, 0.15) is 0 Å². The highest BCUT2D eigenvalue weighted by molar-refractivity contribution is 5.79. The Hall–Kier alpha value is -3.16. The molecular weight excluding hydrogens is 356 g/mol. The van der Waals surface area contributed by atoms with Crippen molar-refractivity contribution in [2.45, 2.75) is 19.3 Å². The number of carbonyl (C=O) groups excluding carboxylic acids is 2. The second kappa shape index (κ2) is 9.68. The Balaban J connectivity index is 1.33. The topological polar surface area (TPSA) is 104 Å². The zero-order chi connectivity index (χ0) is 19.8. The van der Waals surface area contributed by atoms with Crippen molar-refractivity contribution in [2.75, 3.05) is 43.4 Å². The van der Waals surface area contributed by atoms with Gasteiger partial charge in [-0.25, -0.2) is 9.97 Å². The highest BCUT2D eigenvalue weighted by atomic mass is 16.2. The molecule has 1 aliphatic rings. The Morgan fingerprint density at radius 1 is 1.00 bits per heavy atom. The van der Waals surface area contributed by atoms with E-state index in [4.69, 9.17) is 5.73 Å². The van der Waals surface area contributed by atoms with Crippen LogP contribution in [0.15, 0.2) is 42.7 Å². The first-order valence-electron chi connectivity index (χ1n) is 9.53. The van der Waals surface area contributed by atoms with E-state index in [9.17, 15) is 9.59 Å². The molecule has 0 saturated carbocycles. The van der Waals surface area contributed by atoms with Gasteiger partial charge < -0.3 is 20.9 Å². The standard InChI is InChI=1S/C20H26N6O2/c21-17-5-2-1-4-16(17)6-7-18(27)22-11-8-19(28)25-12-14-26(15-13-25)20-23-9-3-10-24-20/h1-5,9-10H,6-8,11-15,21H2,(H,22,27). The third-order valence-electron chi connectivity index (χ3n) is 4.80. The molecule has 0 aliphatic carbocycles. The van der Waals surface area contributed by atoms with Gasteiger partial charge in [0.25, 0.3) is 0 Å². The van der Waals surface area contributed by atoms with E-state index in [0.29, 0.717) is 63.6 Å². The summed E-state index contributed by atoms with van der Waals surface area (Å²) in [7, 11) is 0. The average Bonchev–Trinajstić information content (AvgIpc) is 2.74. The van der Waals surface area contributed by atoms with Crippen LogP contribution in [0.2, 0.25) is 0 Å². The maximum absolute atomic E-state index is 12.4. The number of benzene rings is 1. The monoisotopic (exact) mass is 382 g/mol. The Morgan fingerprint density at radius 2 is 1.71 bits per heavy atom. The van der Waals surface area contributed by atoms with E-state index >= 15 is 0 Å². The van der Waals surface area contributed by atoms with Crippen molar-refractivity contribution >= 4 is 23.5 Å². The number of nitrogen functional groups attached to an aromatic ring is 1.